The topological polar surface area (TPSA) is 37.8 Å². The number of rotatable bonds is 5. The van der Waals surface area contributed by atoms with Crippen molar-refractivity contribution in [2.75, 3.05) is 5.32 Å². The summed E-state index contributed by atoms with van der Waals surface area (Å²) in [7, 11) is 0. The van der Waals surface area contributed by atoms with Crippen LogP contribution < -0.4 is 5.32 Å². The molecule has 1 atom stereocenters. The molecule has 3 nitrogen and oxygen atoms in total. The molecule has 0 aliphatic carbocycles. The van der Waals surface area contributed by atoms with Crippen LogP contribution in [0.1, 0.15) is 39.4 Å². The molecule has 1 aromatic heterocycles. The molecular formula is C12H20BrN3. The van der Waals surface area contributed by atoms with E-state index < -0.39 is 0 Å². The van der Waals surface area contributed by atoms with E-state index in [9.17, 15) is 0 Å². The Bertz CT molecular complexity index is 319. The number of anilines is 1. The lowest BCUT2D eigenvalue weighted by atomic mass is 10.0. The molecule has 0 amide bonds. The highest BCUT2D eigenvalue weighted by Crippen LogP contribution is 2.15. The Morgan fingerprint density at radius 2 is 1.94 bits per heavy atom. The van der Waals surface area contributed by atoms with Crippen molar-refractivity contribution >= 4 is 21.7 Å². The zero-order valence-electron chi connectivity index (χ0n) is 10.4. The number of nitrogens with zero attached hydrogens (tertiary/aromatic N) is 2. The van der Waals surface area contributed by atoms with Gasteiger partial charge < -0.3 is 5.32 Å². The number of hydrogen-bond donors (Lipinski definition) is 1. The minimum atomic E-state index is 0.448. The van der Waals surface area contributed by atoms with Crippen LogP contribution in [0.2, 0.25) is 0 Å². The molecule has 16 heavy (non-hydrogen) atoms. The van der Waals surface area contributed by atoms with Crippen molar-refractivity contribution in [1.29, 1.82) is 0 Å². The summed E-state index contributed by atoms with van der Waals surface area (Å²) < 4.78 is 0.832. The molecule has 0 aliphatic heterocycles. The summed E-state index contributed by atoms with van der Waals surface area (Å²) in [6.45, 7) is 8.58. The largest absolute Gasteiger partial charge is 0.367 e. The predicted octanol–water partition coefficient (Wildman–Crippen LogP) is 3.78. The van der Waals surface area contributed by atoms with Gasteiger partial charge in [0, 0.05) is 12.1 Å². The average Bonchev–Trinajstić information content (AvgIpc) is 2.12. The molecule has 0 fully saturated rings. The monoisotopic (exact) mass is 285 g/mol. The number of nitrogens with one attached hydrogen (secondary N) is 1. The normalized spacial score (nSPS) is 12.9. The van der Waals surface area contributed by atoms with E-state index in [1.165, 1.54) is 12.8 Å². The summed E-state index contributed by atoms with van der Waals surface area (Å²) in [5.41, 5.74) is 0. The Morgan fingerprint density at radius 1 is 1.25 bits per heavy atom. The summed E-state index contributed by atoms with van der Waals surface area (Å²) in [4.78, 5) is 8.53. The first-order valence-corrected chi connectivity index (χ1v) is 6.54. The first-order chi connectivity index (χ1) is 7.47. The molecule has 0 saturated heterocycles. The van der Waals surface area contributed by atoms with E-state index in [4.69, 9.17) is 0 Å². The van der Waals surface area contributed by atoms with Crippen LogP contribution in [0.25, 0.3) is 0 Å². The Labute approximate surface area is 106 Å². The molecule has 90 valence electrons. The van der Waals surface area contributed by atoms with E-state index >= 15 is 0 Å². The van der Waals surface area contributed by atoms with Gasteiger partial charge >= 0.3 is 0 Å². The van der Waals surface area contributed by atoms with Gasteiger partial charge in [-0.15, -0.1) is 0 Å². The van der Waals surface area contributed by atoms with E-state index in [0.717, 1.165) is 22.2 Å². The van der Waals surface area contributed by atoms with Crippen LogP contribution in [-0.2, 0) is 0 Å². The fourth-order valence-electron chi connectivity index (χ4n) is 1.51. The molecule has 0 spiro atoms. The molecule has 1 aromatic rings. The summed E-state index contributed by atoms with van der Waals surface area (Å²) in [5, 5.41) is 3.40. The average molecular weight is 286 g/mol. The summed E-state index contributed by atoms with van der Waals surface area (Å²) in [5.74, 6) is 2.44. The first-order valence-electron chi connectivity index (χ1n) is 5.75. The van der Waals surface area contributed by atoms with Crippen molar-refractivity contribution in [2.24, 2.45) is 5.92 Å². The highest BCUT2D eigenvalue weighted by atomic mass is 79.9. The van der Waals surface area contributed by atoms with Gasteiger partial charge in [0.1, 0.15) is 16.2 Å². The maximum Gasteiger partial charge on any atom is 0.131 e. The van der Waals surface area contributed by atoms with Gasteiger partial charge in [-0.3, -0.25) is 0 Å². The zero-order chi connectivity index (χ0) is 12.1. The Morgan fingerprint density at radius 3 is 2.50 bits per heavy atom. The summed E-state index contributed by atoms with van der Waals surface area (Å²) in [6.07, 6.45) is 2.40. The van der Waals surface area contributed by atoms with Crippen LogP contribution in [0.15, 0.2) is 10.7 Å². The van der Waals surface area contributed by atoms with Crippen molar-refractivity contribution in [3.8, 4) is 0 Å². The van der Waals surface area contributed by atoms with E-state index in [-0.39, 0.29) is 0 Å². The van der Waals surface area contributed by atoms with Gasteiger partial charge in [0.05, 0.1) is 0 Å². The lowest BCUT2D eigenvalue weighted by molar-refractivity contribution is 0.527. The number of halogens is 1. The molecule has 0 bridgehead atoms. The molecule has 1 heterocycles. The third kappa shape index (κ3) is 4.92. The van der Waals surface area contributed by atoms with Crippen LogP contribution in [-0.4, -0.2) is 16.0 Å². The van der Waals surface area contributed by atoms with Crippen LogP contribution in [0.5, 0.6) is 0 Å². The van der Waals surface area contributed by atoms with Gasteiger partial charge in [-0.2, -0.15) is 0 Å². The van der Waals surface area contributed by atoms with E-state index in [1.807, 2.05) is 13.0 Å². The second kappa shape index (κ2) is 6.18. The standard InChI is InChI=1S/C12H20BrN3/c1-8(2)5-6-9(3)14-12-7-11(13)15-10(4)16-12/h7-9H,5-6H2,1-4H3,(H,14,15,16). The maximum atomic E-state index is 4.35. The second-order valence-electron chi connectivity index (χ2n) is 4.64. The third-order valence-corrected chi connectivity index (χ3v) is 2.78. The molecule has 0 saturated carbocycles. The predicted molar refractivity (Wildman–Crippen MR) is 71.6 cm³/mol. The second-order valence-corrected chi connectivity index (χ2v) is 5.45. The van der Waals surface area contributed by atoms with Gasteiger partial charge in [-0.25, -0.2) is 9.97 Å². The molecule has 4 heteroatoms. The first kappa shape index (κ1) is 13.4. The fourth-order valence-corrected chi connectivity index (χ4v) is 1.99. The summed E-state index contributed by atoms with van der Waals surface area (Å²) >= 11 is 3.37. The zero-order valence-corrected chi connectivity index (χ0v) is 12.0. The van der Waals surface area contributed by atoms with Crippen LogP contribution in [0, 0.1) is 12.8 Å². The smallest absolute Gasteiger partial charge is 0.131 e. The van der Waals surface area contributed by atoms with E-state index in [0.29, 0.717) is 6.04 Å². The highest BCUT2D eigenvalue weighted by Gasteiger charge is 2.06. The van der Waals surface area contributed by atoms with Crippen LogP contribution in [0.3, 0.4) is 0 Å². The van der Waals surface area contributed by atoms with E-state index in [1.54, 1.807) is 0 Å². The van der Waals surface area contributed by atoms with Gasteiger partial charge in [0.2, 0.25) is 0 Å². The van der Waals surface area contributed by atoms with Crippen molar-refractivity contribution in [2.45, 2.75) is 46.6 Å². The maximum absolute atomic E-state index is 4.35. The summed E-state index contributed by atoms with van der Waals surface area (Å²) in [6, 6.07) is 2.36. The molecule has 1 rings (SSSR count). The number of aryl methyl sites for hydroxylation is 1. The van der Waals surface area contributed by atoms with Crippen LogP contribution >= 0.6 is 15.9 Å². The van der Waals surface area contributed by atoms with Gasteiger partial charge in [0.15, 0.2) is 0 Å². The number of aromatic nitrogens is 2. The van der Waals surface area contributed by atoms with Crippen molar-refractivity contribution < 1.29 is 0 Å². The minimum absolute atomic E-state index is 0.448. The van der Waals surface area contributed by atoms with Crippen molar-refractivity contribution in [1.82, 2.24) is 9.97 Å². The minimum Gasteiger partial charge on any atom is -0.367 e. The van der Waals surface area contributed by atoms with Crippen molar-refractivity contribution in [3.05, 3.63) is 16.5 Å². The Kier molecular flexibility index (Phi) is 5.19. The molecule has 0 aliphatic rings. The molecule has 1 unspecified atom stereocenters. The SMILES string of the molecule is Cc1nc(Br)cc(NC(C)CCC(C)C)n1. The molecule has 1 N–H and O–H groups in total. The molecule has 0 radical (unpaired) electrons. The lowest BCUT2D eigenvalue weighted by Crippen LogP contribution is -2.17. The van der Waals surface area contributed by atoms with Crippen LogP contribution in [0.4, 0.5) is 5.82 Å². The fraction of sp³-hybridized carbons (Fsp3) is 0.667. The molecular weight excluding hydrogens is 266 g/mol. The Balaban J connectivity index is 2.52. The number of hydrogen-bond acceptors (Lipinski definition) is 3. The van der Waals surface area contributed by atoms with Gasteiger partial charge in [-0.1, -0.05) is 13.8 Å². The third-order valence-electron chi connectivity index (χ3n) is 2.38. The quantitative estimate of drug-likeness (QED) is 0.837. The lowest BCUT2D eigenvalue weighted by Gasteiger charge is -2.15. The van der Waals surface area contributed by atoms with Crippen molar-refractivity contribution in [3.63, 3.8) is 0 Å². The highest BCUT2D eigenvalue weighted by molar-refractivity contribution is 9.10. The Hall–Kier alpha value is -0.640. The van der Waals surface area contributed by atoms with E-state index in [2.05, 4.69) is 52.0 Å². The van der Waals surface area contributed by atoms with Gasteiger partial charge in [0.25, 0.3) is 0 Å². The molecule has 0 aromatic carbocycles. The van der Waals surface area contributed by atoms with Gasteiger partial charge in [-0.05, 0) is 48.5 Å².